The van der Waals surface area contributed by atoms with Crippen LogP contribution in [0.1, 0.15) is 30.5 Å². The molecule has 0 radical (unpaired) electrons. The molecule has 3 heteroatoms. The van der Waals surface area contributed by atoms with Crippen LogP contribution in [-0.4, -0.2) is 29.5 Å². The Bertz CT molecular complexity index is 332. The molecule has 17 heavy (non-hydrogen) atoms. The zero-order valence-corrected chi connectivity index (χ0v) is 10.7. The van der Waals surface area contributed by atoms with E-state index in [2.05, 4.69) is 28.9 Å². The first-order valence-corrected chi connectivity index (χ1v) is 6.62. The SMILES string of the molecule is Cc1ccc(CN2CCCC(CCN)C2)nc1. The van der Waals surface area contributed by atoms with Crippen molar-refractivity contribution in [3.8, 4) is 0 Å². The molecule has 1 aliphatic heterocycles. The zero-order chi connectivity index (χ0) is 12.1. The minimum atomic E-state index is 0.791. The third kappa shape index (κ3) is 3.79. The number of aromatic nitrogens is 1. The first-order valence-electron chi connectivity index (χ1n) is 6.62. The number of likely N-dealkylation sites (tertiary alicyclic amines) is 1. The molecule has 0 bridgehead atoms. The smallest absolute Gasteiger partial charge is 0.0544 e. The summed E-state index contributed by atoms with van der Waals surface area (Å²) in [5, 5.41) is 0. The molecule has 1 fully saturated rings. The number of pyridine rings is 1. The van der Waals surface area contributed by atoms with Gasteiger partial charge < -0.3 is 5.73 Å². The second-order valence-electron chi connectivity index (χ2n) is 5.15. The third-order valence-corrected chi connectivity index (χ3v) is 3.54. The third-order valence-electron chi connectivity index (χ3n) is 3.54. The van der Waals surface area contributed by atoms with E-state index in [0.29, 0.717) is 0 Å². The largest absolute Gasteiger partial charge is 0.330 e. The van der Waals surface area contributed by atoms with Crippen molar-refractivity contribution in [3.05, 3.63) is 29.6 Å². The van der Waals surface area contributed by atoms with Crippen LogP contribution in [0, 0.1) is 12.8 Å². The summed E-state index contributed by atoms with van der Waals surface area (Å²) in [5.74, 6) is 0.791. The first-order chi connectivity index (χ1) is 8.28. The highest BCUT2D eigenvalue weighted by atomic mass is 15.1. The maximum atomic E-state index is 5.64. The topological polar surface area (TPSA) is 42.1 Å². The number of hydrogen-bond acceptors (Lipinski definition) is 3. The highest BCUT2D eigenvalue weighted by Crippen LogP contribution is 2.20. The van der Waals surface area contributed by atoms with Gasteiger partial charge in [0, 0.05) is 19.3 Å². The van der Waals surface area contributed by atoms with E-state index in [1.165, 1.54) is 37.2 Å². The Hall–Kier alpha value is -0.930. The van der Waals surface area contributed by atoms with Gasteiger partial charge in [-0.1, -0.05) is 6.07 Å². The molecule has 1 atom stereocenters. The number of hydrogen-bond donors (Lipinski definition) is 1. The van der Waals surface area contributed by atoms with Crippen molar-refractivity contribution in [1.29, 1.82) is 0 Å². The molecule has 2 rings (SSSR count). The summed E-state index contributed by atoms with van der Waals surface area (Å²) < 4.78 is 0. The fourth-order valence-electron chi connectivity index (χ4n) is 2.59. The number of nitrogens with zero attached hydrogens (tertiary/aromatic N) is 2. The van der Waals surface area contributed by atoms with Crippen molar-refractivity contribution in [1.82, 2.24) is 9.88 Å². The van der Waals surface area contributed by atoms with E-state index in [9.17, 15) is 0 Å². The van der Waals surface area contributed by atoms with Crippen LogP contribution in [0.4, 0.5) is 0 Å². The summed E-state index contributed by atoms with van der Waals surface area (Å²) in [4.78, 5) is 6.99. The van der Waals surface area contributed by atoms with Crippen LogP contribution in [0.3, 0.4) is 0 Å². The fourth-order valence-corrected chi connectivity index (χ4v) is 2.59. The van der Waals surface area contributed by atoms with E-state index >= 15 is 0 Å². The lowest BCUT2D eigenvalue weighted by Crippen LogP contribution is -2.35. The Balaban J connectivity index is 1.87. The normalized spacial score (nSPS) is 21.6. The Kier molecular flexibility index (Phi) is 4.51. The van der Waals surface area contributed by atoms with Gasteiger partial charge in [-0.25, -0.2) is 0 Å². The molecule has 2 heterocycles. The van der Waals surface area contributed by atoms with Crippen molar-refractivity contribution in [2.45, 2.75) is 32.7 Å². The molecule has 94 valence electrons. The van der Waals surface area contributed by atoms with Gasteiger partial charge in [-0.05, 0) is 56.8 Å². The molecule has 1 saturated heterocycles. The summed E-state index contributed by atoms with van der Waals surface area (Å²) in [7, 11) is 0. The van der Waals surface area contributed by atoms with E-state index in [0.717, 1.165) is 25.4 Å². The van der Waals surface area contributed by atoms with Crippen LogP contribution in [0.5, 0.6) is 0 Å². The Morgan fingerprint density at radius 2 is 2.35 bits per heavy atom. The van der Waals surface area contributed by atoms with Gasteiger partial charge in [0.05, 0.1) is 5.69 Å². The minimum Gasteiger partial charge on any atom is -0.330 e. The molecule has 1 aliphatic rings. The molecule has 0 aromatic carbocycles. The van der Waals surface area contributed by atoms with Gasteiger partial charge in [-0.3, -0.25) is 9.88 Å². The highest BCUT2D eigenvalue weighted by molar-refractivity contribution is 5.12. The van der Waals surface area contributed by atoms with Gasteiger partial charge in [0.15, 0.2) is 0 Å². The summed E-state index contributed by atoms with van der Waals surface area (Å²) in [6.07, 6.45) is 5.76. The zero-order valence-electron chi connectivity index (χ0n) is 10.7. The van der Waals surface area contributed by atoms with Gasteiger partial charge in [-0.15, -0.1) is 0 Å². The molecule has 1 aromatic heterocycles. The van der Waals surface area contributed by atoms with Gasteiger partial charge in [0.25, 0.3) is 0 Å². The summed E-state index contributed by atoms with van der Waals surface area (Å²) >= 11 is 0. The number of aryl methyl sites for hydroxylation is 1. The van der Waals surface area contributed by atoms with Crippen LogP contribution < -0.4 is 5.73 Å². The molecule has 0 aliphatic carbocycles. The number of rotatable bonds is 4. The van der Waals surface area contributed by atoms with Gasteiger partial charge in [0.2, 0.25) is 0 Å². The molecular formula is C14H23N3. The van der Waals surface area contributed by atoms with Crippen molar-refractivity contribution in [3.63, 3.8) is 0 Å². The molecule has 0 amide bonds. The summed E-state index contributed by atoms with van der Waals surface area (Å²) in [6.45, 7) is 6.28. The van der Waals surface area contributed by atoms with E-state index in [4.69, 9.17) is 5.73 Å². The van der Waals surface area contributed by atoms with Gasteiger partial charge in [-0.2, -0.15) is 0 Å². The maximum Gasteiger partial charge on any atom is 0.0544 e. The Morgan fingerprint density at radius 3 is 3.06 bits per heavy atom. The molecule has 0 spiro atoms. The van der Waals surface area contributed by atoms with Crippen molar-refractivity contribution < 1.29 is 0 Å². The van der Waals surface area contributed by atoms with Crippen molar-refractivity contribution in [2.24, 2.45) is 11.7 Å². The quantitative estimate of drug-likeness (QED) is 0.864. The van der Waals surface area contributed by atoms with E-state index in [1.54, 1.807) is 0 Å². The second kappa shape index (κ2) is 6.12. The van der Waals surface area contributed by atoms with Crippen LogP contribution >= 0.6 is 0 Å². The van der Waals surface area contributed by atoms with Crippen LogP contribution in [-0.2, 0) is 6.54 Å². The molecule has 3 nitrogen and oxygen atoms in total. The first kappa shape index (κ1) is 12.5. The second-order valence-corrected chi connectivity index (χ2v) is 5.15. The van der Waals surface area contributed by atoms with E-state index < -0.39 is 0 Å². The average Bonchev–Trinajstić information content (AvgIpc) is 2.33. The van der Waals surface area contributed by atoms with Crippen molar-refractivity contribution >= 4 is 0 Å². The predicted octanol–water partition coefficient (Wildman–Crippen LogP) is 1.95. The average molecular weight is 233 g/mol. The van der Waals surface area contributed by atoms with Crippen molar-refractivity contribution in [2.75, 3.05) is 19.6 Å². The Labute approximate surface area is 104 Å². The number of nitrogens with two attached hydrogens (primary N) is 1. The standard InChI is InChI=1S/C14H23N3/c1-12-4-5-14(16-9-12)11-17-8-2-3-13(10-17)6-7-15/h4-5,9,13H,2-3,6-8,10-11,15H2,1H3. The lowest BCUT2D eigenvalue weighted by molar-refractivity contribution is 0.161. The predicted molar refractivity (Wildman–Crippen MR) is 70.6 cm³/mol. The molecular weight excluding hydrogens is 210 g/mol. The Morgan fingerprint density at radius 1 is 1.47 bits per heavy atom. The monoisotopic (exact) mass is 233 g/mol. The lowest BCUT2D eigenvalue weighted by atomic mass is 9.95. The molecule has 1 unspecified atom stereocenters. The van der Waals surface area contributed by atoms with Crippen LogP contribution in [0.15, 0.2) is 18.3 Å². The highest BCUT2D eigenvalue weighted by Gasteiger charge is 2.19. The lowest BCUT2D eigenvalue weighted by Gasteiger charge is -2.32. The van der Waals surface area contributed by atoms with E-state index in [1.807, 2.05) is 6.20 Å². The summed E-state index contributed by atoms with van der Waals surface area (Å²) in [6, 6.07) is 4.28. The molecule has 0 saturated carbocycles. The fraction of sp³-hybridized carbons (Fsp3) is 0.643. The van der Waals surface area contributed by atoms with Crippen LogP contribution in [0.25, 0.3) is 0 Å². The molecule has 1 aromatic rings. The molecule has 2 N–H and O–H groups in total. The van der Waals surface area contributed by atoms with Gasteiger partial charge >= 0.3 is 0 Å². The maximum absolute atomic E-state index is 5.64. The van der Waals surface area contributed by atoms with Crippen LogP contribution in [0.2, 0.25) is 0 Å². The van der Waals surface area contributed by atoms with Gasteiger partial charge in [0.1, 0.15) is 0 Å². The van der Waals surface area contributed by atoms with E-state index in [-0.39, 0.29) is 0 Å². The number of piperidine rings is 1. The summed E-state index contributed by atoms with van der Waals surface area (Å²) in [5.41, 5.74) is 8.06. The minimum absolute atomic E-state index is 0.791.